The van der Waals surface area contributed by atoms with Crippen LogP contribution in [-0.2, 0) is 32.2 Å². The molecule has 3 heterocycles. The van der Waals surface area contributed by atoms with Crippen LogP contribution in [0.15, 0.2) is 91.3 Å². The van der Waals surface area contributed by atoms with Crippen LogP contribution in [0.5, 0.6) is 0 Å². The van der Waals surface area contributed by atoms with Crippen LogP contribution < -0.4 is 15.5 Å². The van der Waals surface area contributed by atoms with Crippen molar-refractivity contribution in [1.29, 1.82) is 0 Å². The third-order valence-corrected chi connectivity index (χ3v) is 9.34. The largest absolute Gasteiger partial charge is 0.465 e. The standard InChI is InChI=1S/C39H46N6O6/c1-3-49-35(47)24-43-39(48)42-23-29-7-4-8-31(21-29)32-9-5-10-33(22-32)37-50-34(27(2)36(51-37)30-13-11-28(26-46)12-14-30)25-44-17-19-45(20-18-44)38-40-15-6-16-41-38/h4-16,21-22,27,34,36-37,46H,3,17-20,23-26H2,1-2H3,(H2,42,43,48)/t27-,34+,36+,37+/m1/s1. The quantitative estimate of drug-likeness (QED) is 0.180. The molecule has 51 heavy (non-hydrogen) atoms. The summed E-state index contributed by atoms with van der Waals surface area (Å²) in [7, 11) is 0. The van der Waals surface area contributed by atoms with E-state index in [2.05, 4.69) is 43.4 Å². The number of anilines is 1. The molecule has 4 atom stereocenters. The van der Waals surface area contributed by atoms with Crippen LogP contribution in [-0.4, -0.2) is 84.0 Å². The Morgan fingerprint density at radius 1 is 0.863 bits per heavy atom. The lowest BCUT2D eigenvalue weighted by Crippen LogP contribution is -2.51. The number of nitrogens with one attached hydrogen (secondary N) is 2. The molecule has 268 valence electrons. The minimum Gasteiger partial charge on any atom is -0.465 e. The minimum absolute atomic E-state index is 0.0115. The second kappa shape index (κ2) is 17.4. The van der Waals surface area contributed by atoms with Crippen molar-refractivity contribution < 1.29 is 28.9 Å². The molecular weight excluding hydrogens is 648 g/mol. The summed E-state index contributed by atoms with van der Waals surface area (Å²) in [6.45, 7) is 8.45. The Balaban J connectivity index is 1.16. The molecule has 0 bridgehead atoms. The topological polar surface area (TPSA) is 138 Å². The van der Waals surface area contributed by atoms with Gasteiger partial charge in [-0.1, -0.05) is 67.6 Å². The minimum atomic E-state index is -0.597. The fourth-order valence-electron chi connectivity index (χ4n) is 6.50. The number of carbonyl (C=O) groups is 2. The number of urea groups is 1. The fourth-order valence-corrected chi connectivity index (χ4v) is 6.50. The van der Waals surface area contributed by atoms with Crippen LogP contribution in [0.1, 0.15) is 48.5 Å². The lowest BCUT2D eigenvalue weighted by Gasteiger charge is -2.44. The maximum atomic E-state index is 12.2. The zero-order valence-corrected chi connectivity index (χ0v) is 29.1. The summed E-state index contributed by atoms with van der Waals surface area (Å²) >= 11 is 0. The molecule has 0 unspecified atom stereocenters. The predicted molar refractivity (Wildman–Crippen MR) is 192 cm³/mol. The highest BCUT2D eigenvalue weighted by molar-refractivity contribution is 5.80. The van der Waals surface area contributed by atoms with Gasteiger partial charge in [0.15, 0.2) is 6.29 Å². The molecule has 1 aromatic heterocycles. The van der Waals surface area contributed by atoms with Crippen molar-refractivity contribution in [2.24, 2.45) is 5.92 Å². The van der Waals surface area contributed by atoms with Gasteiger partial charge in [-0.25, -0.2) is 14.8 Å². The van der Waals surface area contributed by atoms with Crippen LogP contribution in [0.3, 0.4) is 0 Å². The third kappa shape index (κ3) is 9.47. The number of rotatable bonds is 12. The molecule has 3 N–H and O–H groups in total. The predicted octanol–water partition coefficient (Wildman–Crippen LogP) is 4.61. The van der Waals surface area contributed by atoms with Crippen molar-refractivity contribution in [2.75, 3.05) is 50.8 Å². The van der Waals surface area contributed by atoms with Gasteiger partial charge in [0.1, 0.15) is 6.54 Å². The number of benzene rings is 3. The molecule has 12 nitrogen and oxygen atoms in total. The second-order valence-electron chi connectivity index (χ2n) is 12.8. The molecular formula is C39H46N6O6. The Labute approximate surface area is 298 Å². The highest BCUT2D eigenvalue weighted by atomic mass is 16.7. The number of amides is 2. The lowest BCUT2D eigenvalue weighted by atomic mass is 9.89. The Morgan fingerprint density at radius 2 is 1.59 bits per heavy atom. The zero-order chi connectivity index (χ0) is 35.6. The number of nitrogens with zero attached hydrogens (tertiary/aromatic N) is 4. The van der Waals surface area contributed by atoms with Crippen molar-refractivity contribution in [1.82, 2.24) is 25.5 Å². The monoisotopic (exact) mass is 694 g/mol. The van der Waals surface area contributed by atoms with E-state index in [1.165, 1.54) is 0 Å². The van der Waals surface area contributed by atoms with E-state index >= 15 is 0 Å². The molecule has 0 saturated carbocycles. The normalized spacial score (nSPS) is 20.8. The van der Waals surface area contributed by atoms with Crippen LogP contribution in [0.2, 0.25) is 0 Å². The van der Waals surface area contributed by atoms with Crippen LogP contribution >= 0.6 is 0 Å². The number of aromatic nitrogens is 2. The maximum Gasteiger partial charge on any atom is 0.325 e. The fraction of sp³-hybridized carbons (Fsp3) is 0.385. The molecule has 2 aliphatic heterocycles. The van der Waals surface area contributed by atoms with Gasteiger partial charge in [0.05, 0.1) is 25.4 Å². The van der Waals surface area contributed by atoms with Gasteiger partial charge in [-0.2, -0.15) is 0 Å². The van der Waals surface area contributed by atoms with Crippen molar-refractivity contribution in [2.45, 2.75) is 45.5 Å². The van der Waals surface area contributed by atoms with Crippen molar-refractivity contribution in [3.05, 3.63) is 114 Å². The lowest BCUT2D eigenvalue weighted by molar-refractivity contribution is -0.276. The third-order valence-electron chi connectivity index (χ3n) is 9.34. The summed E-state index contributed by atoms with van der Waals surface area (Å²) in [6, 6.07) is 25.5. The summed E-state index contributed by atoms with van der Waals surface area (Å²) in [5, 5.41) is 15.0. The van der Waals surface area contributed by atoms with E-state index in [0.29, 0.717) is 6.54 Å². The van der Waals surface area contributed by atoms with Gasteiger partial charge in [0.25, 0.3) is 0 Å². The average Bonchev–Trinajstić information content (AvgIpc) is 3.18. The molecule has 0 spiro atoms. The number of ether oxygens (including phenoxy) is 3. The van der Waals surface area contributed by atoms with E-state index < -0.39 is 18.3 Å². The Morgan fingerprint density at radius 3 is 2.31 bits per heavy atom. The van der Waals surface area contributed by atoms with E-state index in [9.17, 15) is 14.7 Å². The summed E-state index contributed by atoms with van der Waals surface area (Å²) in [6.07, 6.45) is 2.65. The Hall–Kier alpha value is -4.88. The summed E-state index contributed by atoms with van der Waals surface area (Å²) in [5.41, 5.74) is 5.70. The van der Waals surface area contributed by atoms with E-state index in [0.717, 1.165) is 72.1 Å². The molecule has 0 radical (unpaired) electrons. The molecule has 0 aliphatic carbocycles. The summed E-state index contributed by atoms with van der Waals surface area (Å²) in [4.78, 5) is 37.3. The van der Waals surface area contributed by atoms with Gasteiger partial charge < -0.3 is 34.9 Å². The van der Waals surface area contributed by atoms with Crippen molar-refractivity contribution >= 4 is 17.9 Å². The first kappa shape index (κ1) is 35.9. The van der Waals surface area contributed by atoms with E-state index in [4.69, 9.17) is 14.2 Å². The molecule has 12 heteroatoms. The number of hydrogen-bond acceptors (Lipinski definition) is 10. The molecule has 2 amide bonds. The maximum absolute atomic E-state index is 12.2. The molecule has 4 aromatic rings. The van der Waals surface area contributed by atoms with Crippen LogP contribution in [0.4, 0.5) is 10.7 Å². The van der Waals surface area contributed by atoms with Gasteiger partial charge in [-0.15, -0.1) is 0 Å². The van der Waals surface area contributed by atoms with Crippen LogP contribution in [0, 0.1) is 5.92 Å². The highest BCUT2D eigenvalue weighted by Crippen LogP contribution is 2.42. The summed E-state index contributed by atoms with van der Waals surface area (Å²) in [5.74, 6) is 0.348. The van der Waals surface area contributed by atoms with Gasteiger partial charge in [-0.3, -0.25) is 9.69 Å². The first-order valence-electron chi connectivity index (χ1n) is 17.5. The van der Waals surface area contributed by atoms with Crippen molar-refractivity contribution in [3.63, 3.8) is 0 Å². The van der Waals surface area contributed by atoms with E-state index in [1.807, 2.05) is 72.8 Å². The Kier molecular flexibility index (Phi) is 12.2. The zero-order valence-electron chi connectivity index (χ0n) is 29.1. The first-order chi connectivity index (χ1) is 24.9. The number of carbonyl (C=O) groups excluding carboxylic acids is 2. The van der Waals surface area contributed by atoms with E-state index in [-0.39, 0.29) is 37.9 Å². The molecule has 2 fully saturated rings. The smallest absolute Gasteiger partial charge is 0.325 e. The van der Waals surface area contributed by atoms with Gasteiger partial charge in [-0.05, 0) is 52.9 Å². The number of aliphatic hydroxyl groups is 1. The molecule has 3 aromatic carbocycles. The average molecular weight is 695 g/mol. The Bertz CT molecular complexity index is 1730. The van der Waals surface area contributed by atoms with Crippen molar-refractivity contribution in [3.8, 4) is 11.1 Å². The number of hydrogen-bond donors (Lipinski definition) is 3. The number of esters is 1. The van der Waals surface area contributed by atoms with E-state index in [1.54, 1.807) is 19.3 Å². The SMILES string of the molecule is CCOC(=O)CNC(=O)NCc1cccc(-c2cccc([C@H]3O[C@@H](CN4CCN(c5ncccn5)CC4)[C@@H](C)[C@@H](c4ccc(CO)cc4)O3)c2)c1. The van der Waals surface area contributed by atoms with Gasteiger partial charge >= 0.3 is 12.0 Å². The number of piperazine rings is 1. The summed E-state index contributed by atoms with van der Waals surface area (Å²) < 4.78 is 18.4. The van der Waals surface area contributed by atoms with Gasteiger partial charge in [0, 0.05) is 63.1 Å². The molecule has 2 aliphatic rings. The molecule has 2 saturated heterocycles. The number of aliphatic hydroxyl groups excluding tert-OH is 1. The highest BCUT2D eigenvalue weighted by Gasteiger charge is 2.39. The molecule has 6 rings (SSSR count). The van der Waals surface area contributed by atoms with Gasteiger partial charge in [0.2, 0.25) is 5.95 Å². The van der Waals surface area contributed by atoms with Crippen LogP contribution in [0.25, 0.3) is 11.1 Å². The first-order valence-corrected chi connectivity index (χ1v) is 17.5. The second-order valence-corrected chi connectivity index (χ2v) is 12.8.